The van der Waals surface area contributed by atoms with Crippen LogP contribution in [0.2, 0.25) is 0 Å². The van der Waals surface area contributed by atoms with E-state index < -0.39 is 0 Å². The highest BCUT2D eigenvalue weighted by Crippen LogP contribution is 2.24. The molecule has 112 valence electrons. The SMILES string of the molecule is CCNc1nc(OCC)nc(OCCN(C)C2CC2)n1. The molecule has 0 atom stereocenters. The van der Waals surface area contributed by atoms with Crippen LogP contribution in [0.5, 0.6) is 12.0 Å². The third-order valence-electron chi connectivity index (χ3n) is 3.05. The minimum Gasteiger partial charge on any atom is -0.464 e. The van der Waals surface area contributed by atoms with Crippen LogP contribution in [-0.2, 0) is 0 Å². The molecule has 7 nitrogen and oxygen atoms in total. The van der Waals surface area contributed by atoms with Crippen molar-refractivity contribution in [3.63, 3.8) is 0 Å². The average molecular weight is 281 g/mol. The van der Waals surface area contributed by atoms with Gasteiger partial charge in [0.1, 0.15) is 6.61 Å². The van der Waals surface area contributed by atoms with Gasteiger partial charge in [0.15, 0.2) is 0 Å². The lowest BCUT2D eigenvalue weighted by atomic mass is 10.5. The number of anilines is 1. The minimum absolute atomic E-state index is 0.295. The Hall–Kier alpha value is -1.63. The van der Waals surface area contributed by atoms with E-state index in [0.29, 0.717) is 31.2 Å². The summed E-state index contributed by atoms with van der Waals surface area (Å²) < 4.78 is 10.9. The van der Waals surface area contributed by atoms with E-state index in [1.165, 1.54) is 12.8 Å². The van der Waals surface area contributed by atoms with Crippen LogP contribution >= 0.6 is 0 Å². The van der Waals surface area contributed by atoms with E-state index in [-0.39, 0.29) is 0 Å². The second kappa shape index (κ2) is 7.23. The lowest BCUT2D eigenvalue weighted by Gasteiger charge is -2.15. The number of hydrogen-bond donors (Lipinski definition) is 1. The fraction of sp³-hybridized carbons (Fsp3) is 0.769. The molecule has 0 amide bonds. The Balaban J connectivity index is 1.90. The van der Waals surface area contributed by atoms with E-state index in [1.807, 2.05) is 13.8 Å². The lowest BCUT2D eigenvalue weighted by Crippen LogP contribution is -2.26. The number of rotatable bonds is 9. The largest absolute Gasteiger partial charge is 0.464 e. The Morgan fingerprint density at radius 3 is 2.45 bits per heavy atom. The number of aromatic nitrogens is 3. The van der Waals surface area contributed by atoms with E-state index in [4.69, 9.17) is 9.47 Å². The Morgan fingerprint density at radius 1 is 1.15 bits per heavy atom. The third kappa shape index (κ3) is 4.48. The second-order valence-corrected chi connectivity index (χ2v) is 4.75. The summed E-state index contributed by atoms with van der Waals surface area (Å²) in [6, 6.07) is 1.33. The number of ether oxygens (including phenoxy) is 2. The minimum atomic E-state index is 0.295. The summed E-state index contributed by atoms with van der Waals surface area (Å²) in [5, 5.41) is 3.04. The summed E-state index contributed by atoms with van der Waals surface area (Å²) in [4.78, 5) is 14.8. The fourth-order valence-corrected chi connectivity index (χ4v) is 1.81. The molecule has 0 radical (unpaired) electrons. The van der Waals surface area contributed by atoms with Gasteiger partial charge in [0, 0.05) is 19.1 Å². The van der Waals surface area contributed by atoms with Crippen molar-refractivity contribution in [1.29, 1.82) is 0 Å². The van der Waals surface area contributed by atoms with Crippen LogP contribution in [0, 0.1) is 0 Å². The molecule has 1 aliphatic carbocycles. The van der Waals surface area contributed by atoms with Crippen LogP contribution in [-0.4, -0.2) is 59.2 Å². The summed E-state index contributed by atoms with van der Waals surface area (Å²) >= 11 is 0. The number of likely N-dealkylation sites (N-methyl/N-ethyl adjacent to an activating group) is 1. The van der Waals surface area contributed by atoms with Crippen LogP contribution in [0.25, 0.3) is 0 Å². The molecular weight excluding hydrogens is 258 g/mol. The molecule has 0 aromatic carbocycles. The first-order valence-corrected chi connectivity index (χ1v) is 7.18. The van der Waals surface area contributed by atoms with Crippen LogP contribution in [0.15, 0.2) is 0 Å². The summed E-state index contributed by atoms with van der Waals surface area (Å²) in [5.74, 6) is 0.483. The first kappa shape index (κ1) is 14.8. The first-order valence-electron chi connectivity index (χ1n) is 7.18. The number of nitrogens with zero attached hydrogens (tertiary/aromatic N) is 4. The highest BCUT2D eigenvalue weighted by molar-refractivity contribution is 5.27. The van der Waals surface area contributed by atoms with Crippen molar-refractivity contribution in [2.75, 3.05) is 38.7 Å². The van der Waals surface area contributed by atoms with E-state index in [1.54, 1.807) is 0 Å². The van der Waals surface area contributed by atoms with Gasteiger partial charge in [-0.15, -0.1) is 4.98 Å². The van der Waals surface area contributed by atoms with Gasteiger partial charge >= 0.3 is 12.0 Å². The molecule has 1 N–H and O–H groups in total. The molecule has 1 saturated carbocycles. The smallest absolute Gasteiger partial charge is 0.324 e. The van der Waals surface area contributed by atoms with Crippen molar-refractivity contribution in [3.8, 4) is 12.0 Å². The van der Waals surface area contributed by atoms with Gasteiger partial charge in [0.2, 0.25) is 5.95 Å². The van der Waals surface area contributed by atoms with Crippen molar-refractivity contribution >= 4 is 5.95 Å². The van der Waals surface area contributed by atoms with Crippen LogP contribution < -0.4 is 14.8 Å². The van der Waals surface area contributed by atoms with Gasteiger partial charge < -0.3 is 19.7 Å². The fourth-order valence-electron chi connectivity index (χ4n) is 1.81. The van der Waals surface area contributed by atoms with E-state index in [0.717, 1.165) is 19.1 Å². The van der Waals surface area contributed by atoms with E-state index in [2.05, 4.69) is 32.2 Å². The van der Waals surface area contributed by atoms with Gasteiger partial charge in [-0.05, 0) is 33.7 Å². The Bertz CT molecular complexity index is 401. The quantitative estimate of drug-likeness (QED) is 0.728. The van der Waals surface area contributed by atoms with E-state index in [9.17, 15) is 0 Å². The molecule has 0 aliphatic heterocycles. The topological polar surface area (TPSA) is 72.4 Å². The molecule has 1 aliphatic rings. The third-order valence-corrected chi connectivity index (χ3v) is 3.05. The number of nitrogens with one attached hydrogen (secondary N) is 1. The van der Waals surface area contributed by atoms with Gasteiger partial charge in [-0.2, -0.15) is 9.97 Å². The zero-order valence-electron chi connectivity index (χ0n) is 12.4. The molecule has 0 unspecified atom stereocenters. The highest BCUT2D eigenvalue weighted by atomic mass is 16.5. The molecule has 1 heterocycles. The Kier molecular flexibility index (Phi) is 5.34. The van der Waals surface area contributed by atoms with Gasteiger partial charge in [0.25, 0.3) is 0 Å². The van der Waals surface area contributed by atoms with Gasteiger partial charge in [-0.25, -0.2) is 0 Å². The average Bonchev–Trinajstić information content (AvgIpc) is 3.23. The lowest BCUT2D eigenvalue weighted by molar-refractivity contribution is 0.215. The van der Waals surface area contributed by atoms with E-state index >= 15 is 0 Å². The molecule has 0 spiro atoms. The van der Waals surface area contributed by atoms with Gasteiger partial charge in [-0.3, -0.25) is 0 Å². The van der Waals surface area contributed by atoms with Crippen molar-refractivity contribution < 1.29 is 9.47 Å². The molecule has 20 heavy (non-hydrogen) atoms. The number of hydrogen-bond acceptors (Lipinski definition) is 7. The molecule has 2 rings (SSSR count). The molecule has 0 saturated heterocycles. The van der Waals surface area contributed by atoms with Gasteiger partial charge in [0.05, 0.1) is 6.61 Å². The predicted molar refractivity (Wildman–Crippen MR) is 76.3 cm³/mol. The highest BCUT2D eigenvalue weighted by Gasteiger charge is 2.25. The zero-order valence-corrected chi connectivity index (χ0v) is 12.4. The van der Waals surface area contributed by atoms with Crippen molar-refractivity contribution in [2.45, 2.75) is 32.7 Å². The molecular formula is C13H23N5O2. The summed E-state index contributed by atoms with van der Waals surface area (Å²) in [7, 11) is 2.12. The molecule has 0 bridgehead atoms. The molecule has 1 fully saturated rings. The van der Waals surface area contributed by atoms with Gasteiger partial charge in [-0.1, -0.05) is 0 Å². The molecule has 1 aromatic heterocycles. The summed E-state index contributed by atoms with van der Waals surface area (Å²) in [5.41, 5.74) is 0. The maximum absolute atomic E-state index is 5.60. The van der Waals surface area contributed by atoms with Crippen molar-refractivity contribution in [2.24, 2.45) is 0 Å². The monoisotopic (exact) mass is 281 g/mol. The van der Waals surface area contributed by atoms with Crippen LogP contribution in [0.1, 0.15) is 26.7 Å². The molecule has 7 heteroatoms. The van der Waals surface area contributed by atoms with Crippen molar-refractivity contribution in [3.05, 3.63) is 0 Å². The zero-order chi connectivity index (χ0) is 14.4. The Morgan fingerprint density at radius 2 is 1.85 bits per heavy atom. The first-order chi connectivity index (χ1) is 9.72. The second-order valence-electron chi connectivity index (χ2n) is 4.75. The summed E-state index contributed by atoms with van der Waals surface area (Å²) in [6.07, 6.45) is 2.59. The standard InChI is InChI=1S/C13H23N5O2/c1-4-14-11-15-12(19-5-2)17-13(16-11)20-9-8-18(3)10-6-7-10/h10H,4-9H2,1-3H3,(H,14,15,16,17). The molecule has 1 aromatic rings. The van der Waals surface area contributed by atoms with Crippen LogP contribution in [0.4, 0.5) is 5.95 Å². The summed E-state index contributed by atoms with van der Waals surface area (Å²) in [6.45, 7) is 6.56. The van der Waals surface area contributed by atoms with Crippen molar-refractivity contribution in [1.82, 2.24) is 19.9 Å². The maximum atomic E-state index is 5.60. The Labute approximate surface area is 119 Å². The maximum Gasteiger partial charge on any atom is 0.324 e. The normalized spacial score (nSPS) is 14.4. The predicted octanol–water partition coefficient (Wildman–Crippen LogP) is 1.18. The van der Waals surface area contributed by atoms with Crippen LogP contribution in [0.3, 0.4) is 0 Å².